The van der Waals surface area contributed by atoms with Gasteiger partial charge in [0.05, 0.1) is 17.3 Å². The second-order valence-electron chi connectivity index (χ2n) is 8.85. The summed E-state index contributed by atoms with van der Waals surface area (Å²) in [6.45, 7) is 5.35. The maximum absolute atomic E-state index is 13.5. The monoisotopic (exact) mass is 491 g/mol. The van der Waals surface area contributed by atoms with Crippen molar-refractivity contribution in [3.8, 4) is 11.3 Å². The van der Waals surface area contributed by atoms with Gasteiger partial charge in [-0.25, -0.2) is 9.18 Å². The number of carbonyl (C=O) groups excluding carboxylic acids is 2. The number of amides is 3. The summed E-state index contributed by atoms with van der Waals surface area (Å²) in [5.74, 6) is -0.755. The predicted octanol–water partition coefficient (Wildman–Crippen LogP) is 4.56. The summed E-state index contributed by atoms with van der Waals surface area (Å²) in [6.07, 6.45) is 2.37. The summed E-state index contributed by atoms with van der Waals surface area (Å²) in [5, 5.41) is 10.5. The van der Waals surface area contributed by atoms with Crippen LogP contribution in [0.25, 0.3) is 11.3 Å². The van der Waals surface area contributed by atoms with Crippen molar-refractivity contribution >= 4 is 17.6 Å². The van der Waals surface area contributed by atoms with Gasteiger partial charge in [-0.2, -0.15) is 5.10 Å². The van der Waals surface area contributed by atoms with Crippen LogP contribution >= 0.6 is 0 Å². The van der Waals surface area contributed by atoms with Gasteiger partial charge in [-0.1, -0.05) is 24.3 Å². The van der Waals surface area contributed by atoms with E-state index in [9.17, 15) is 14.0 Å². The number of halogens is 1. The van der Waals surface area contributed by atoms with Crippen molar-refractivity contribution < 1.29 is 18.7 Å². The first-order valence-electron chi connectivity index (χ1n) is 11.7. The molecule has 8 nitrogen and oxygen atoms in total. The fourth-order valence-electron chi connectivity index (χ4n) is 4.10. The van der Waals surface area contributed by atoms with Crippen molar-refractivity contribution in [2.24, 2.45) is 0 Å². The molecule has 3 amide bonds. The zero-order chi connectivity index (χ0) is 25.8. The molecule has 0 saturated heterocycles. The van der Waals surface area contributed by atoms with Gasteiger partial charge < -0.3 is 20.3 Å². The van der Waals surface area contributed by atoms with Gasteiger partial charge in [0.15, 0.2) is 0 Å². The molecule has 9 heteroatoms. The van der Waals surface area contributed by atoms with Gasteiger partial charge in [0.2, 0.25) is 0 Å². The molecule has 2 aromatic carbocycles. The Hall–Kier alpha value is -3.98. The maximum atomic E-state index is 13.5. The Bertz CT molecular complexity index is 1300. The highest BCUT2D eigenvalue weighted by atomic mass is 19.1. The first-order chi connectivity index (χ1) is 17.3. The van der Waals surface area contributed by atoms with Crippen LogP contribution in [0.5, 0.6) is 0 Å². The van der Waals surface area contributed by atoms with E-state index in [0.29, 0.717) is 23.4 Å². The molecule has 0 saturated carbocycles. The molecule has 1 aromatic heterocycles. The number of hydrogen-bond acceptors (Lipinski definition) is 4. The lowest BCUT2D eigenvalue weighted by Gasteiger charge is -2.30. The number of hydrogen-bond donors (Lipinski definition) is 2. The molecule has 1 aliphatic heterocycles. The summed E-state index contributed by atoms with van der Waals surface area (Å²) in [4.78, 5) is 27.0. The molecule has 2 N–H and O–H groups in total. The molecule has 1 unspecified atom stereocenters. The number of nitrogens with one attached hydrogen (secondary N) is 2. The van der Waals surface area contributed by atoms with Gasteiger partial charge >= 0.3 is 6.03 Å². The van der Waals surface area contributed by atoms with Crippen molar-refractivity contribution in [2.45, 2.75) is 32.9 Å². The number of methoxy groups -OCH3 is 1. The number of urea groups is 1. The van der Waals surface area contributed by atoms with Crippen molar-refractivity contribution in [1.29, 1.82) is 0 Å². The Kier molecular flexibility index (Phi) is 7.49. The molecular weight excluding hydrogens is 461 g/mol. The van der Waals surface area contributed by atoms with Crippen LogP contribution in [0.15, 0.2) is 60.3 Å². The SMILES string of the molecule is COCCCn1nc(-c2ccc(C)c(NC(=O)C3=CN(C)C(=O)NC3c3ccc(F)cc3)c2)cc1C. The number of aromatic nitrogens is 2. The Balaban J connectivity index is 1.59. The molecule has 0 aliphatic carbocycles. The van der Waals surface area contributed by atoms with E-state index >= 15 is 0 Å². The van der Waals surface area contributed by atoms with Crippen LogP contribution < -0.4 is 10.6 Å². The third-order valence-corrected chi connectivity index (χ3v) is 6.18. The molecular formula is C27H30FN5O3. The van der Waals surface area contributed by atoms with E-state index in [0.717, 1.165) is 35.5 Å². The first kappa shape index (κ1) is 25.1. The second-order valence-corrected chi connectivity index (χ2v) is 8.85. The molecule has 0 radical (unpaired) electrons. The number of nitrogens with zero attached hydrogens (tertiary/aromatic N) is 3. The molecule has 0 fully saturated rings. The number of anilines is 1. The molecule has 4 rings (SSSR count). The lowest BCUT2D eigenvalue weighted by atomic mass is 9.97. The van der Waals surface area contributed by atoms with E-state index in [-0.39, 0.29) is 11.9 Å². The van der Waals surface area contributed by atoms with Crippen LogP contribution in [0.2, 0.25) is 0 Å². The minimum absolute atomic E-state index is 0.340. The van der Waals surface area contributed by atoms with Crippen molar-refractivity contribution in [3.63, 3.8) is 0 Å². The lowest BCUT2D eigenvalue weighted by molar-refractivity contribution is -0.113. The summed E-state index contributed by atoms with van der Waals surface area (Å²) >= 11 is 0. The Morgan fingerprint density at radius 2 is 1.92 bits per heavy atom. The molecule has 1 aliphatic rings. The largest absolute Gasteiger partial charge is 0.385 e. The summed E-state index contributed by atoms with van der Waals surface area (Å²) in [6, 6.07) is 12.5. The van der Waals surface area contributed by atoms with Gasteiger partial charge in [-0.15, -0.1) is 0 Å². The van der Waals surface area contributed by atoms with Gasteiger partial charge in [-0.05, 0) is 55.7 Å². The number of aryl methyl sites for hydroxylation is 3. The molecule has 2 heterocycles. The van der Waals surface area contributed by atoms with Gasteiger partial charge in [-0.3, -0.25) is 9.48 Å². The first-order valence-corrected chi connectivity index (χ1v) is 11.7. The number of rotatable bonds is 8. The highest BCUT2D eigenvalue weighted by Crippen LogP contribution is 2.29. The molecule has 3 aromatic rings. The molecule has 0 bridgehead atoms. The topological polar surface area (TPSA) is 88.5 Å². The maximum Gasteiger partial charge on any atom is 0.321 e. The van der Waals surface area contributed by atoms with Gasteiger partial charge in [0.1, 0.15) is 5.82 Å². The quantitative estimate of drug-likeness (QED) is 0.452. The summed E-state index contributed by atoms with van der Waals surface area (Å²) in [5.41, 5.74) is 5.21. The Morgan fingerprint density at radius 3 is 2.64 bits per heavy atom. The smallest absolute Gasteiger partial charge is 0.321 e. The van der Waals surface area contributed by atoms with Crippen LogP contribution in [0.1, 0.15) is 29.3 Å². The number of carbonyl (C=O) groups is 2. The van der Waals surface area contributed by atoms with Gasteiger partial charge in [0, 0.05) is 50.5 Å². The third kappa shape index (κ3) is 5.46. The zero-order valence-electron chi connectivity index (χ0n) is 20.8. The average molecular weight is 492 g/mol. The fraction of sp³-hybridized carbons (Fsp3) is 0.296. The van der Waals surface area contributed by atoms with Crippen LogP contribution in [-0.4, -0.2) is 47.4 Å². The van der Waals surface area contributed by atoms with E-state index in [2.05, 4.69) is 10.6 Å². The predicted molar refractivity (Wildman–Crippen MR) is 136 cm³/mol. The Morgan fingerprint density at radius 1 is 1.17 bits per heavy atom. The minimum atomic E-state index is -0.705. The van der Waals surface area contributed by atoms with E-state index in [1.54, 1.807) is 26.3 Å². The van der Waals surface area contributed by atoms with Gasteiger partial charge in [0.25, 0.3) is 5.91 Å². The van der Waals surface area contributed by atoms with Crippen LogP contribution in [0, 0.1) is 19.7 Å². The lowest BCUT2D eigenvalue weighted by Crippen LogP contribution is -2.44. The highest BCUT2D eigenvalue weighted by Gasteiger charge is 2.30. The van der Waals surface area contributed by atoms with Crippen molar-refractivity contribution in [1.82, 2.24) is 20.0 Å². The normalized spacial score (nSPS) is 15.5. The number of ether oxygens (including phenoxy) is 1. The van der Waals surface area contributed by atoms with E-state index < -0.39 is 11.9 Å². The molecule has 36 heavy (non-hydrogen) atoms. The summed E-state index contributed by atoms with van der Waals surface area (Å²) in [7, 11) is 3.25. The van der Waals surface area contributed by atoms with E-state index in [1.807, 2.05) is 42.8 Å². The fourth-order valence-corrected chi connectivity index (χ4v) is 4.10. The molecule has 1 atom stereocenters. The molecule has 0 spiro atoms. The molecule has 188 valence electrons. The third-order valence-electron chi connectivity index (χ3n) is 6.18. The van der Waals surface area contributed by atoms with E-state index in [4.69, 9.17) is 9.84 Å². The van der Waals surface area contributed by atoms with E-state index in [1.165, 1.54) is 23.2 Å². The second kappa shape index (κ2) is 10.7. The van der Waals surface area contributed by atoms with Crippen LogP contribution in [0.4, 0.5) is 14.9 Å². The number of benzene rings is 2. The summed E-state index contributed by atoms with van der Waals surface area (Å²) < 4.78 is 20.5. The zero-order valence-corrected chi connectivity index (χ0v) is 20.8. The van der Waals surface area contributed by atoms with Crippen molar-refractivity contribution in [3.05, 3.63) is 82.9 Å². The van der Waals surface area contributed by atoms with Crippen LogP contribution in [0.3, 0.4) is 0 Å². The van der Waals surface area contributed by atoms with Crippen molar-refractivity contribution in [2.75, 3.05) is 26.1 Å². The Labute approximate surface area is 209 Å². The standard InChI is InChI=1S/C27H30FN5O3/c1-17-6-7-20(24-14-18(2)33(31-24)12-5-13-36-4)15-23(17)29-26(34)22-16-32(3)27(35)30-25(22)19-8-10-21(28)11-9-19/h6-11,14-16,25H,5,12-13H2,1-4H3,(H,29,34)(H,30,35). The minimum Gasteiger partial charge on any atom is -0.385 e. The average Bonchev–Trinajstić information content (AvgIpc) is 3.23. The highest BCUT2D eigenvalue weighted by molar-refractivity contribution is 6.06. The van der Waals surface area contributed by atoms with Crippen LogP contribution in [-0.2, 0) is 16.1 Å².